The van der Waals surface area contributed by atoms with E-state index in [1.807, 2.05) is 5.92 Å². The average molecular weight is 235 g/mol. The van der Waals surface area contributed by atoms with Crippen molar-refractivity contribution in [2.24, 2.45) is 0 Å². The van der Waals surface area contributed by atoms with Crippen LogP contribution < -0.4 is 4.87 Å². The van der Waals surface area contributed by atoms with E-state index in [-0.39, 0.29) is 17.6 Å². The molecule has 0 aromatic carbocycles. The number of carbonyl (C=O) groups is 1. The maximum absolute atomic E-state index is 12.5. The van der Waals surface area contributed by atoms with Gasteiger partial charge < -0.3 is 0 Å². The Bertz CT molecular complexity index is 478. The third kappa shape index (κ3) is 2.10. The van der Waals surface area contributed by atoms with Gasteiger partial charge >= 0.3 is 11.0 Å². The number of aldehydes is 1. The molecule has 1 rings (SSSR count). The first-order chi connectivity index (χ1) is 6.91. The van der Waals surface area contributed by atoms with Gasteiger partial charge in [0, 0.05) is 0 Å². The van der Waals surface area contributed by atoms with E-state index in [2.05, 4.69) is 0 Å². The van der Waals surface area contributed by atoms with Gasteiger partial charge in [-0.25, -0.2) is 0 Å². The Labute approximate surface area is 86.1 Å². The van der Waals surface area contributed by atoms with E-state index >= 15 is 0 Å². The molecule has 7 heteroatoms. The Balaban J connectivity index is 3.51. The van der Waals surface area contributed by atoms with Gasteiger partial charge in [-0.15, -0.1) is 6.42 Å². The second-order valence-electron chi connectivity index (χ2n) is 2.49. The quantitative estimate of drug-likeness (QED) is 0.573. The van der Waals surface area contributed by atoms with Crippen molar-refractivity contribution in [2.45, 2.75) is 12.7 Å². The highest BCUT2D eigenvalue weighted by Crippen LogP contribution is 2.32. The van der Waals surface area contributed by atoms with Crippen LogP contribution in [0.4, 0.5) is 13.2 Å². The summed E-state index contributed by atoms with van der Waals surface area (Å²) < 4.78 is 37.7. The minimum Gasteiger partial charge on any atom is -0.297 e. The van der Waals surface area contributed by atoms with Gasteiger partial charge in [0.15, 0.2) is 6.29 Å². The molecule has 0 radical (unpaired) electrons. The van der Waals surface area contributed by atoms with Gasteiger partial charge in [0.2, 0.25) is 0 Å². The van der Waals surface area contributed by atoms with E-state index in [0.29, 0.717) is 4.57 Å². The molecule has 15 heavy (non-hydrogen) atoms. The maximum atomic E-state index is 12.5. The molecule has 0 aliphatic carbocycles. The summed E-state index contributed by atoms with van der Waals surface area (Å²) in [6.07, 6.45) is 0.0758. The van der Waals surface area contributed by atoms with Gasteiger partial charge in [0.05, 0.1) is 6.54 Å². The Morgan fingerprint density at radius 1 is 1.53 bits per heavy atom. The van der Waals surface area contributed by atoms with Gasteiger partial charge in [0.25, 0.3) is 0 Å². The maximum Gasteiger partial charge on any atom is 0.433 e. The SMILES string of the molecule is C#CCn1c(C(F)(F)F)c(C=O)sc1=O. The summed E-state index contributed by atoms with van der Waals surface area (Å²) in [4.78, 5) is 19.9. The summed E-state index contributed by atoms with van der Waals surface area (Å²) in [6.45, 7) is -0.502. The molecule has 0 saturated carbocycles. The van der Waals surface area contributed by atoms with Gasteiger partial charge in [0.1, 0.15) is 10.6 Å². The normalized spacial score (nSPS) is 11.1. The van der Waals surface area contributed by atoms with Crippen LogP contribution in [0.25, 0.3) is 0 Å². The van der Waals surface area contributed by atoms with Crippen LogP contribution in [0.15, 0.2) is 4.79 Å². The Morgan fingerprint density at radius 2 is 2.13 bits per heavy atom. The van der Waals surface area contributed by atoms with Crippen molar-refractivity contribution in [3.63, 3.8) is 0 Å². The first-order valence-corrected chi connectivity index (χ1v) is 4.43. The molecule has 0 aliphatic heterocycles. The average Bonchev–Trinajstić information content (AvgIpc) is 2.43. The van der Waals surface area contributed by atoms with Crippen LogP contribution in [0.3, 0.4) is 0 Å². The van der Waals surface area contributed by atoms with E-state index in [1.54, 1.807) is 0 Å². The van der Waals surface area contributed by atoms with Gasteiger partial charge in [-0.3, -0.25) is 14.2 Å². The van der Waals surface area contributed by atoms with Crippen molar-refractivity contribution in [3.05, 3.63) is 20.2 Å². The minimum atomic E-state index is -4.76. The number of hydrogen-bond acceptors (Lipinski definition) is 3. The lowest BCUT2D eigenvalue weighted by molar-refractivity contribution is -0.143. The molecule has 80 valence electrons. The molecule has 0 amide bonds. The van der Waals surface area contributed by atoms with Crippen LogP contribution in [0, 0.1) is 12.3 Å². The zero-order valence-corrected chi connectivity index (χ0v) is 7.98. The first kappa shape index (κ1) is 11.5. The van der Waals surface area contributed by atoms with Crippen molar-refractivity contribution < 1.29 is 18.0 Å². The van der Waals surface area contributed by atoms with E-state index in [1.165, 1.54) is 0 Å². The molecule has 0 saturated heterocycles. The van der Waals surface area contributed by atoms with Gasteiger partial charge in [-0.05, 0) is 0 Å². The summed E-state index contributed by atoms with van der Waals surface area (Å²) in [5.74, 6) is 1.93. The van der Waals surface area contributed by atoms with Crippen LogP contribution in [0.1, 0.15) is 15.4 Å². The lowest BCUT2D eigenvalue weighted by Gasteiger charge is -2.08. The number of nitrogens with zero attached hydrogens (tertiary/aromatic N) is 1. The van der Waals surface area contributed by atoms with Gasteiger partial charge in [-0.2, -0.15) is 13.2 Å². The molecule has 1 heterocycles. The highest BCUT2D eigenvalue weighted by molar-refractivity contribution is 7.11. The van der Waals surface area contributed by atoms with Crippen LogP contribution >= 0.6 is 11.3 Å². The highest BCUT2D eigenvalue weighted by atomic mass is 32.1. The number of alkyl halides is 3. The summed E-state index contributed by atoms with van der Waals surface area (Å²) in [5, 5.41) is 0. The summed E-state index contributed by atoms with van der Waals surface area (Å²) in [6, 6.07) is 0. The number of rotatable bonds is 2. The monoisotopic (exact) mass is 235 g/mol. The molecule has 1 aromatic heterocycles. The molecule has 0 bridgehead atoms. The fourth-order valence-corrected chi connectivity index (χ4v) is 1.85. The molecule has 3 nitrogen and oxygen atoms in total. The zero-order chi connectivity index (χ0) is 11.6. The van der Waals surface area contributed by atoms with Crippen LogP contribution in [-0.4, -0.2) is 10.9 Å². The fraction of sp³-hybridized carbons (Fsp3) is 0.250. The predicted octanol–water partition coefficient (Wildman–Crippen LogP) is 1.37. The second kappa shape index (κ2) is 3.90. The molecule has 0 unspecified atom stereocenters. The molecule has 0 fully saturated rings. The highest BCUT2D eigenvalue weighted by Gasteiger charge is 2.38. The number of thiazole rings is 1. The Hall–Kier alpha value is -1.55. The number of halogens is 3. The molecule has 0 aliphatic rings. The van der Waals surface area contributed by atoms with Gasteiger partial charge in [-0.1, -0.05) is 17.3 Å². The van der Waals surface area contributed by atoms with E-state index in [0.717, 1.165) is 0 Å². The summed E-state index contributed by atoms with van der Waals surface area (Å²) in [7, 11) is 0. The van der Waals surface area contributed by atoms with E-state index in [4.69, 9.17) is 6.42 Å². The summed E-state index contributed by atoms with van der Waals surface area (Å²) >= 11 is 0.232. The third-order valence-corrected chi connectivity index (χ3v) is 2.45. The summed E-state index contributed by atoms with van der Waals surface area (Å²) in [5.41, 5.74) is -1.27. The van der Waals surface area contributed by atoms with Crippen LogP contribution in [0.5, 0.6) is 0 Å². The molecule has 1 aromatic rings. The first-order valence-electron chi connectivity index (χ1n) is 3.61. The molecule has 0 spiro atoms. The predicted molar refractivity (Wildman–Crippen MR) is 47.8 cm³/mol. The number of carbonyl (C=O) groups excluding carboxylic acids is 1. The van der Waals surface area contributed by atoms with E-state index < -0.39 is 28.2 Å². The molecule has 0 atom stereocenters. The second-order valence-corrected chi connectivity index (χ2v) is 3.48. The largest absolute Gasteiger partial charge is 0.433 e. The third-order valence-electron chi connectivity index (χ3n) is 1.55. The van der Waals surface area contributed by atoms with Crippen molar-refractivity contribution in [1.29, 1.82) is 0 Å². The minimum absolute atomic E-state index is 0.00189. The van der Waals surface area contributed by atoms with Crippen LogP contribution in [-0.2, 0) is 12.7 Å². The topological polar surface area (TPSA) is 39.1 Å². The van der Waals surface area contributed by atoms with Crippen molar-refractivity contribution in [3.8, 4) is 12.3 Å². The van der Waals surface area contributed by atoms with E-state index in [9.17, 15) is 22.8 Å². The van der Waals surface area contributed by atoms with Crippen LogP contribution in [0.2, 0.25) is 0 Å². The number of hydrogen-bond donors (Lipinski definition) is 0. The zero-order valence-electron chi connectivity index (χ0n) is 7.17. The fourth-order valence-electron chi connectivity index (χ4n) is 1.03. The molecular formula is C8H4F3NO2S. The number of terminal acetylenes is 1. The Kier molecular flexibility index (Phi) is 3.00. The molecular weight excluding hydrogens is 231 g/mol. The smallest absolute Gasteiger partial charge is 0.297 e. The van der Waals surface area contributed by atoms with Crippen molar-refractivity contribution >= 4 is 17.6 Å². The number of aromatic nitrogens is 1. The lowest BCUT2D eigenvalue weighted by Crippen LogP contribution is -2.21. The Morgan fingerprint density at radius 3 is 2.53 bits per heavy atom. The van der Waals surface area contributed by atoms with Crippen molar-refractivity contribution in [2.75, 3.05) is 0 Å². The lowest BCUT2D eigenvalue weighted by atomic mass is 10.3. The molecule has 0 N–H and O–H groups in total. The standard InChI is InChI=1S/C8H4F3NO2S/c1-2-3-12-6(8(9,10)11)5(4-13)15-7(12)14/h1,4H,3H2. The van der Waals surface area contributed by atoms with Crippen molar-refractivity contribution in [1.82, 2.24) is 4.57 Å².